The van der Waals surface area contributed by atoms with Gasteiger partial charge in [-0.2, -0.15) is 0 Å². The fourth-order valence-electron chi connectivity index (χ4n) is 1.21. The minimum atomic E-state index is -3.16. The zero-order valence-electron chi connectivity index (χ0n) is 6.96. The van der Waals surface area contributed by atoms with Gasteiger partial charge in [0.25, 0.3) is 0 Å². The van der Waals surface area contributed by atoms with E-state index in [1.165, 1.54) is 14.0 Å². The Labute approximate surface area is 69.3 Å². The Morgan fingerprint density at radius 1 is 1.58 bits per heavy atom. The molecule has 5 heteroatoms. The van der Waals surface area contributed by atoms with Crippen LogP contribution in [0, 0.1) is 0 Å². The first kappa shape index (κ1) is 9.83. The maximum absolute atomic E-state index is 12.9. The SMILES string of the molecule is COCC1OC(C)C(F)(F)C1O. The first-order valence-corrected chi connectivity index (χ1v) is 3.70. The number of alkyl halides is 2. The van der Waals surface area contributed by atoms with E-state index in [-0.39, 0.29) is 6.61 Å². The number of ether oxygens (including phenoxy) is 2. The molecule has 0 aliphatic carbocycles. The summed E-state index contributed by atoms with van der Waals surface area (Å²) in [5, 5.41) is 9.06. The Morgan fingerprint density at radius 2 is 2.17 bits per heavy atom. The first-order valence-electron chi connectivity index (χ1n) is 3.70. The highest BCUT2D eigenvalue weighted by Gasteiger charge is 2.55. The van der Waals surface area contributed by atoms with Gasteiger partial charge >= 0.3 is 5.92 Å². The zero-order valence-corrected chi connectivity index (χ0v) is 6.96. The maximum atomic E-state index is 12.9. The summed E-state index contributed by atoms with van der Waals surface area (Å²) in [6, 6.07) is 0. The standard InChI is InChI=1S/C7H12F2O3/c1-4-7(8,9)6(10)5(12-4)3-11-2/h4-6,10H,3H2,1-2H3. The van der Waals surface area contributed by atoms with Crippen LogP contribution in [0.1, 0.15) is 6.92 Å². The fourth-order valence-corrected chi connectivity index (χ4v) is 1.21. The molecular formula is C7H12F2O3. The van der Waals surface area contributed by atoms with Gasteiger partial charge in [-0.25, -0.2) is 8.78 Å². The molecule has 0 aromatic heterocycles. The van der Waals surface area contributed by atoms with Crippen LogP contribution in [-0.4, -0.2) is 43.1 Å². The average Bonchev–Trinajstić information content (AvgIpc) is 2.17. The van der Waals surface area contributed by atoms with Crippen molar-refractivity contribution in [1.82, 2.24) is 0 Å². The third-order valence-electron chi connectivity index (χ3n) is 2.00. The van der Waals surface area contributed by atoms with E-state index in [9.17, 15) is 8.78 Å². The molecule has 3 nitrogen and oxygen atoms in total. The number of aliphatic hydroxyl groups excluding tert-OH is 1. The summed E-state index contributed by atoms with van der Waals surface area (Å²) in [4.78, 5) is 0. The van der Waals surface area contributed by atoms with E-state index in [1.807, 2.05) is 0 Å². The highest BCUT2D eigenvalue weighted by Crippen LogP contribution is 2.35. The van der Waals surface area contributed by atoms with E-state index in [2.05, 4.69) is 4.74 Å². The molecule has 1 rings (SSSR count). The number of hydrogen-bond acceptors (Lipinski definition) is 3. The maximum Gasteiger partial charge on any atom is 0.301 e. The van der Waals surface area contributed by atoms with Crippen molar-refractivity contribution in [2.24, 2.45) is 0 Å². The monoisotopic (exact) mass is 182 g/mol. The van der Waals surface area contributed by atoms with Crippen molar-refractivity contribution in [2.45, 2.75) is 31.2 Å². The summed E-state index contributed by atoms with van der Waals surface area (Å²) in [6.07, 6.45) is -3.92. The van der Waals surface area contributed by atoms with Gasteiger partial charge < -0.3 is 14.6 Å². The molecule has 1 aliphatic rings. The van der Waals surface area contributed by atoms with Crippen molar-refractivity contribution in [1.29, 1.82) is 0 Å². The summed E-state index contributed by atoms with van der Waals surface area (Å²) in [7, 11) is 1.37. The largest absolute Gasteiger partial charge is 0.384 e. The lowest BCUT2D eigenvalue weighted by atomic mass is 10.1. The Morgan fingerprint density at radius 3 is 2.50 bits per heavy atom. The minimum Gasteiger partial charge on any atom is -0.384 e. The van der Waals surface area contributed by atoms with Gasteiger partial charge in [-0.1, -0.05) is 0 Å². The van der Waals surface area contributed by atoms with Gasteiger partial charge in [-0.15, -0.1) is 0 Å². The number of rotatable bonds is 2. The van der Waals surface area contributed by atoms with Crippen LogP contribution in [0.15, 0.2) is 0 Å². The molecule has 0 saturated carbocycles. The molecule has 3 atom stereocenters. The molecule has 1 fully saturated rings. The molecule has 1 saturated heterocycles. The quantitative estimate of drug-likeness (QED) is 0.672. The lowest BCUT2D eigenvalue weighted by Gasteiger charge is -2.16. The lowest BCUT2D eigenvalue weighted by Crippen LogP contribution is -2.39. The smallest absolute Gasteiger partial charge is 0.301 e. The lowest BCUT2D eigenvalue weighted by molar-refractivity contribution is -0.106. The number of methoxy groups -OCH3 is 1. The van der Waals surface area contributed by atoms with Crippen molar-refractivity contribution in [3.63, 3.8) is 0 Å². The van der Waals surface area contributed by atoms with Gasteiger partial charge in [0, 0.05) is 7.11 Å². The van der Waals surface area contributed by atoms with Gasteiger partial charge in [0.15, 0.2) is 0 Å². The van der Waals surface area contributed by atoms with Crippen LogP contribution in [0.3, 0.4) is 0 Å². The molecule has 0 bridgehead atoms. The van der Waals surface area contributed by atoms with Crippen molar-refractivity contribution in [3.8, 4) is 0 Å². The second-order valence-corrected chi connectivity index (χ2v) is 2.89. The molecule has 1 N–H and O–H groups in total. The summed E-state index contributed by atoms with van der Waals surface area (Å²) < 4.78 is 35.2. The normalized spacial score (nSPS) is 40.2. The van der Waals surface area contributed by atoms with Crippen molar-refractivity contribution in [2.75, 3.05) is 13.7 Å². The molecule has 0 radical (unpaired) electrons. The van der Waals surface area contributed by atoms with Crippen molar-refractivity contribution >= 4 is 0 Å². The Balaban J connectivity index is 2.63. The minimum absolute atomic E-state index is 0.0128. The molecule has 0 aromatic rings. The van der Waals surface area contributed by atoms with Gasteiger partial charge in [0.2, 0.25) is 0 Å². The molecule has 0 spiro atoms. The molecule has 12 heavy (non-hydrogen) atoms. The predicted octanol–water partition coefficient (Wildman–Crippen LogP) is 0.416. The Bertz CT molecular complexity index is 163. The van der Waals surface area contributed by atoms with Crippen molar-refractivity contribution < 1.29 is 23.4 Å². The van der Waals surface area contributed by atoms with E-state index in [1.54, 1.807) is 0 Å². The van der Waals surface area contributed by atoms with Crippen molar-refractivity contribution in [3.05, 3.63) is 0 Å². The van der Waals surface area contributed by atoms with E-state index >= 15 is 0 Å². The van der Waals surface area contributed by atoms with Gasteiger partial charge in [-0.3, -0.25) is 0 Å². The first-order chi connectivity index (χ1) is 5.50. The molecular weight excluding hydrogens is 170 g/mol. The molecule has 1 aliphatic heterocycles. The third kappa shape index (κ3) is 1.44. The Kier molecular flexibility index (Phi) is 2.65. The number of aliphatic hydroxyl groups is 1. The van der Waals surface area contributed by atoms with E-state index in [4.69, 9.17) is 9.84 Å². The van der Waals surface area contributed by atoms with Crippen LogP contribution in [0.5, 0.6) is 0 Å². The topological polar surface area (TPSA) is 38.7 Å². The third-order valence-corrected chi connectivity index (χ3v) is 2.00. The van der Waals surface area contributed by atoms with Crippen LogP contribution in [0.4, 0.5) is 8.78 Å². The van der Waals surface area contributed by atoms with E-state index in [0.29, 0.717) is 0 Å². The zero-order chi connectivity index (χ0) is 9.35. The van der Waals surface area contributed by atoms with Crippen LogP contribution in [-0.2, 0) is 9.47 Å². The van der Waals surface area contributed by atoms with Gasteiger partial charge in [-0.05, 0) is 6.92 Å². The fraction of sp³-hybridized carbons (Fsp3) is 1.00. The molecule has 3 unspecified atom stereocenters. The second kappa shape index (κ2) is 3.24. The summed E-state index contributed by atoms with van der Waals surface area (Å²) in [5.41, 5.74) is 0. The highest BCUT2D eigenvalue weighted by molar-refractivity contribution is 4.94. The van der Waals surface area contributed by atoms with E-state index < -0.39 is 24.2 Å². The number of halogens is 2. The molecule has 0 amide bonds. The number of hydrogen-bond donors (Lipinski definition) is 1. The molecule has 72 valence electrons. The van der Waals surface area contributed by atoms with Crippen LogP contribution < -0.4 is 0 Å². The highest BCUT2D eigenvalue weighted by atomic mass is 19.3. The Hall–Kier alpha value is -0.260. The summed E-state index contributed by atoms with van der Waals surface area (Å²) >= 11 is 0. The van der Waals surface area contributed by atoms with Crippen LogP contribution in [0.25, 0.3) is 0 Å². The van der Waals surface area contributed by atoms with Crippen LogP contribution >= 0.6 is 0 Å². The van der Waals surface area contributed by atoms with Gasteiger partial charge in [0.1, 0.15) is 18.3 Å². The summed E-state index contributed by atoms with van der Waals surface area (Å²) in [5.74, 6) is -3.16. The average molecular weight is 182 g/mol. The molecule has 1 heterocycles. The predicted molar refractivity (Wildman–Crippen MR) is 37.2 cm³/mol. The summed E-state index contributed by atoms with van der Waals surface area (Å²) in [6.45, 7) is 1.22. The van der Waals surface area contributed by atoms with E-state index in [0.717, 1.165) is 0 Å². The van der Waals surface area contributed by atoms with Crippen LogP contribution in [0.2, 0.25) is 0 Å². The van der Waals surface area contributed by atoms with Gasteiger partial charge in [0.05, 0.1) is 6.61 Å². The second-order valence-electron chi connectivity index (χ2n) is 2.89. The molecule has 0 aromatic carbocycles.